The molecule has 1 aliphatic heterocycles. The molecule has 0 aliphatic carbocycles. The van der Waals surface area contributed by atoms with E-state index >= 15 is 0 Å². The van der Waals surface area contributed by atoms with Crippen LogP contribution in [0.25, 0.3) is 5.76 Å². The van der Waals surface area contributed by atoms with E-state index in [4.69, 9.17) is 16.3 Å². The molecule has 1 atom stereocenters. The molecule has 0 spiro atoms. The van der Waals surface area contributed by atoms with Gasteiger partial charge in [0.25, 0.3) is 11.7 Å². The van der Waals surface area contributed by atoms with E-state index in [-0.39, 0.29) is 22.0 Å². The van der Waals surface area contributed by atoms with Gasteiger partial charge in [-0.2, -0.15) is 0 Å². The fourth-order valence-electron chi connectivity index (χ4n) is 3.62. The first-order valence-electron chi connectivity index (χ1n) is 9.47. The third-order valence-electron chi connectivity index (χ3n) is 5.15. The second kappa shape index (κ2) is 8.76. The van der Waals surface area contributed by atoms with Crippen LogP contribution in [-0.4, -0.2) is 23.9 Å². The summed E-state index contributed by atoms with van der Waals surface area (Å²) in [7, 11) is 1.50. The average Bonchev–Trinajstić information content (AvgIpc) is 3.06. The Morgan fingerprint density at radius 3 is 2.47 bits per heavy atom. The summed E-state index contributed by atoms with van der Waals surface area (Å²) >= 11 is 9.28. The molecule has 1 N–H and O–H groups in total. The van der Waals surface area contributed by atoms with E-state index in [2.05, 4.69) is 15.9 Å². The van der Waals surface area contributed by atoms with Crippen LogP contribution in [-0.2, 0) is 9.59 Å². The molecule has 1 fully saturated rings. The molecule has 162 valence electrons. The number of ether oxygens (including phenoxy) is 1. The van der Waals surface area contributed by atoms with Crippen LogP contribution >= 0.6 is 27.5 Å². The standard InChI is InChI=1S/C24H16BrClFNO4/c1-32-17-4-2-3-14(11-17)21-20(22(29)13-5-7-15(25)8-6-13)23(30)24(31)28(21)16-9-10-19(27)18(26)12-16/h2-12,21,29H,1H3/b22-20+. The van der Waals surface area contributed by atoms with Gasteiger partial charge in [-0.05, 0) is 48.0 Å². The highest BCUT2D eigenvalue weighted by atomic mass is 79.9. The monoisotopic (exact) mass is 515 g/mol. The number of rotatable bonds is 4. The number of halogens is 3. The molecule has 0 aromatic heterocycles. The first-order chi connectivity index (χ1) is 15.3. The minimum absolute atomic E-state index is 0.0916. The predicted molar refractivity (Wildman–Crippen MR) is 123 cm³/mol. The Hall–Kier alpha value is -3.16. The molecule has 1 heterocycles. The van der Waals surface area contributed by atoms with Crippen molar-refractivity contribution in [2.75, 3.05) is 12.0 Å². The van der Waals surface area contributed by atoms with Crippen molar-refractivity contribution in [1.29, 1.82) is 0 Å². The van der Waals surface area contributed by atoms with Gasteiger partial charge < -0.3 is 9.84 Å². The molecular weight excluding hydrogens is 501 g/mol. The fourth-order valence-corrected chi connectivity index (χ4v) is 4.06. The number of methoxy groups -OCH3 is 1. The number of carbonyl (C=O) groups excluding carboxylic acids is 2. The summed E-state index contributed by atoms with van der Waals surface area (Å²) in [5.74, 6) is -2.19. The van der Waals surface area contributed by atoms with Crippen LogP contribution in [0, 0.1) is 5.82 Å². The molecule has 32 heavy (non-hydrogen) atoms. The van der Waals surface area contributed by atoms with Gasteiger partial charge in [0.05, 0.1) is 23.7 Å². The Morgan fingerprint density at radius 1 is 1.09 bits per heavy atom. The van der Waals surface area contributed by atoms with Gasteiger partial charge >= 0.3 is 0 Å². The second-order valence-corrected chi connectivity index (χ2v) is 8.37. The molecule has 3 aromatic carbocycles. The summed E-state index contributed by atoms with van der Waals surface area (Å²) in [6.07, 6.45) is 0. The molecule has 0 bridgehead atoms. The van der Waals surface area contributed by atoms with Crippen LogP contribution in [0.5, 0.6) is 5.75 Å². The number of aliphatic hydroxyl groups excluding tert-OH is 1. The van der Waals surface area contributed by atoms with Crippen LogP contribution in [0.1, 0.15) is 17.2 Å². The third-order valence-corrected chi connectivity index (χ3v) is 5.97. The van der Waals surface area contributed by atoms with Crippen LogP contribution in [0.3, 0.4) is 0 Å². The number of hydrogen-bond donors (Lipinski definition) is 1. The largest absolute Gasteiger partial charge is 0.507 e. The van der Waals surface area contributed by atoms with Crippen LogP contribution in [0.4, 0.5) is 10.1 Å². The SMILES string of the molecule is COc1cccc(C2/C(=C(\O)c3ccc(Br)cc3)C(=O)C(=O)N2c2ccc(F)c(Cl)c2)c1. The smallest absolute Gasteiger partial charge is 0.300 e. The summed E-state index contributed by atoms with van der Waals surface area (Å²) < 4.78 is 19.9. The zero-order valence-corrected chi connectivity index (χ0v) is 19.0. The summed E-state index contributed by atoms with van der Waals surface area (Å²) in [5.41, 5.74) is 1.03. The van der Waals surface area contributed by atoms with Gasteiger partial charge in [0.2, 0.25) is 0 Å². The van der Waals surface area contributed by atoms with Gasteiger partial charge in [-0.1, -0.05) is 51.8 Å². The number of carbonyl (C=O) groups is 2. The van der Waals surface area contributed by atoms with Crippen molar-refractivity contribution in [3.8, 4) is 5.75 Å². The van der Waals surface area contributed by atoms with Gasteiger partial charge in [-0.3, -0.25) is 14.5 Å². The number of anilines is 1. The Bertz CT molecular complexity index is 1260. The molecule has 1 saturated heterocycles. The highest BCUT2D eigenvalue weighted by Gasteiger charge is 2.47. The first-order valence-corrected chi connectivity index (χ1v) is 10.6. The van der Waals surface area contributed by atoms with Crippen molar-refractivity contribution in [1.82, 2.24) is 0 Å². The van der Waals surface area contributed by atoms with Gasteiger partial charge in [0, 0.05) is 15.7 Å². The molecule has 3 aromatic rings. The zero-order chi connectivity index (χ0) is 23.0. The van der Waals surface area contributed by atoms with E-state index in [1.54, 1.807) is 48.5 Å². The molecule has 1 aliphatic rings. The average molecular weight is 517 g/mol. The van der Waals surface area contributed by atoms with E-state index in [9.17, 15) is 19.1 Å². The minimum atomic E-state index is -0.977. The third kappa shape index (κ3) is 3.89. The predicted octanol–water partition coefficient (Wildman–Crippen LogP) is 5.88. The topological polar surface area (TPSA) is 66.8 Å². The van der Waals surface area contributed by atoms with Crippen molar-refractivity contribution in [2.24, 2.45) is 0 Å². The Balaban J connectivity index is 1.96. The van der Waals surface area contributed by atoms with Gasteiger partial charge in [0.1, 0.15) is 17.3 Å². The Labute approximate surface area is 196 Å². The van der Waals surface area contributed by atoms with Crippen LogP contribution in [0.15, 0.2) is 76.8 Å². The molecule has 1 unspecified atom stereocenters. The number of hydrogen-bond acceptors (Lipinski definition) is 4. The summed E-state index contributed by atoms with van der Waals surface area (Å²) in [6, 6.07) is 16.3. The number of Topliss-reactive ketones (excluding diaryl/α,β-unsaturated/α-hetero) is 1. The van der Waals surface area contributed by atoms with E-state index in [1.165, 1.54) is 24.1 Å². The maximum atomic E-state index is 13.8. The van der Waals surface area contributed by atoms with Gasteiger partial charge in [-0.25, -0.2) is 4.39 Å². The summed E-state index contributed by atoms with van der Waals surface area (Å²) in [4.78, 5) is 27.4. The van der Waals surface area contributed by atoms with E-state index < -0.39 is 23.5 Å². The lowest BCUT2D eigenvalue weighted by molar-refractivity contribution is -0.132. The highest BCUT2D eigenvalue weighted by molar-refractivity contribution is 9.10. The summed E-state index contributed by atoms with van der Waals surface area (Å²) in [6.45, 7) is 0. The molecular formula is C24H16BrClFNO4. The van der Waals surface area contributed by atoms with E-state index in [1.807, 2.05) is 0 Å². The quantitative estimate of drug-likeness (QED) is 0.267. The molecule has 8 heteroatoms. The number of benzene rings is 3. The zero-order valence-electron chi connectivity index (χ0n) is 16.7. The van der Waals surface area contributed by atoms with Gasteiger partial charge in [-0.15, -0.1) is 0 Å². The fraction of sp³-hybridized carbons (Fsp3) is 0.0833. The Morgan fingerprint density at radius 2 is 1.81 bits per heavy atom. The lowest BCUT2D eigenvalue weighted by atomic mass is 9.95. The highest BCUT2D eigenvalue weighted by Crippen LogP contribution is 2.43. The van der Waals surface area contributed by atoms with E-state index in [0.717, 1.165) is 10.5 Å². The van der Waals surface area contributed by atoms with Crippen molar-refractivity contribution in [3.63, 3.8) is 0 Å². The van der Waals surface area contributed by atoms with Crippen molar-refractivity contribution in [2.45, 2.75) is 6.04 Å². The molecule has 0 radical (unpaired) electrons. The van der Waals surface area contributed by atoms with Crippen molar-refractivity contribution in [3.05, 3.63) is 98.7 Å². The molecule has 1 amide bonds. The molecule has 5 nitrogen and oxygen atoms in total. The number of ketones is 1. The number of nitrogens with zero attached hydrogens (tertiary/aromatic N) is 1. The summed E-state index contributed by atoms with van der Waals surface area (Å²) in [5, 5.41) is 10.9. The second-order valence-electron chi connectivity index (χ2n) is 7.05. The molecule has 4 rings (SSSR count). The Kier molecular flexibility index (Phi) is 6.04. The number of aliphatic hydroxyl groups is 1. The maximum absolute atomic E-state index is 13.8. The normalized spacial score (nSPS) is 17.6. The van der Waals surface area contributed by atoms with Crippen molar-refractivity contribution >= 4 is 50.7 Å². The van der Waals surface area contributed by atoms with Gasteiger partial charge in [0.15, 0.2) is 0 Å². The maximum Gasteiger partial charge on any atom is 0.300 e. The van der Waals surface area contributed by atoms with E-state index in [0.29, 0.717) is 16.9 Å². The van der Waals surface area contributed by atoms with Crippen LogP contribution in [0.2, 0.25) is 5.02 Å². The lowest BCUT2D eigenvalue weighted by Crippen LogP contribution is -2.29. The lowest BCUT2D eigenvalue weighted by Gasteiger charge is -2.26. The van der Waals surface area contributed by atoms with Crippen molar-refractivity contribution < 1.29 is 23.8 Å². The molecule has 0 saturated carbocycles. The first kappa shape index (κ1) is 22.0. The van der Waals surface area contributed by atoms with Crippen LogP contribution < -0.4 is 9.64 Å². The minimum Gasteiger partial charge on any atom is -0.507 e. The number of amides is 1.